The van der Waals surface area contributed by atoms with Gasteiger partial charge in [0.1, 0.15) is 11.9 Å². The summed E-state index contributed by atoms with van der Waals surface area (Å²) in [4.78, 5) is 12.4. The molecule has 0 spiro atoms. The van der Waals surface area contributed by atoms with Crippen LogP contribution in [0.1, 0.15) is 28.9 Å². The van der Waals surface area contributed by atoms with Crippen molar-refractivity contribution in [2.24, 2.45) is 0 Å². The molecule has 0 saturated heterocycles. The Morgan fingerprint density at radius 2 is 1.64 bits per heavy atom. The Bertz CT molecular complexity index is 804. The van der Waals surface area contributed by atoms with Gasteiger partial charge in [0.15, 0.2) is 0 Å². The highest BCUT2D eigenvalue weighted by atomic mass is 19.1. The number of carbonyl (C=O) groups is 1. The average molecular weight is 294 g/mol. The van der Waals surface area contributed by atoms with Crippen molar-refractivity contribution in [1.29, 1.82) is 0 Å². The van der Waals surface area contributed by atoms with E-state index in [-0.39, 0.29) is 11.8 Å². The minimum atomic E-state index is -0.438. The van der Waals surface area contributed by atoms with E-state index >= 15 is 0 Å². The molecule has 1 atom stereocenters. The number of esters is 1. The van der Waals surface area contributed by atoms with E-state index in [1.165, 1.54) is 12.1 Å². The second-order valence-corrected chi connectivity index (χ2v) is 5.13. The molecule has 0 heterocycles. The lowest BCUT2D eigenvalue weighted by atomic mass is 10.0. The van der Waals surface area contributed by atoms with Crippen LogP contribution in [0, 0.1) is 5.82 Å². The first-order valence-electron chi connectivity index (χ1n) is 7.09. The lowest BCUT2D eigenvalue weighted by Gasteiger charge is -2.14. The van der Waals surface area contributed by atoms with Crippen LogP contribution in [-0.2, 0) is 4.74 Å². The molecule has 0 aliphatic rings. The van der Waals surface area contributed by atoms with Gasteiger partial charge in [-0.1, -0.05) is 48.5 Å². The molecule has 0 aliphatic carbocycles. The van der Waals surface area contributed by atoms with Gasteiger partial charge in [0.05, 0.1) is 5.56 Å². The van der Waals surface area contributed by atoms with Crippen LogP contribution in [0.4, 0.5) is 4.39 Å². The molecule has 0 aromatic heterocycles. The Labute approximate surface area is 128 Å². The molecule has 0 aliphatic heterocycles. The molecule has 0 fully saturated rings. The maximum Gasteiger partial charge on any atom is 0.339 e. The standard InChI is InChI=1S/C19H15FO2/c1-13(14-9-11-16(20)12-10-14)22-19(21)18-8-4-6-15-5-2-3-7-17(15)18/h2-13H,1H3/t13-/m0/s1. The van der Waals surface area contributed by atoms with Crippen molar-refractivity contribution in [1.82, 2.24) is 0 Å². The van der Waals surface area contributed by atoms with E-state index in [0.29, 0.717) is 5.56 Å². The van der Waals surface area contributed by atoms with E-state index in [9.17, 15) is 9.18 Å². The summed E-state index contributed by atoms with van der Waals surface area (Å²) in [6.07, 6.45) is -0.438. The molecule has 22 heavy (non-hydrogen) atoms. The van der Waals surface area contributed by atoms with Gasteiger partial charge in [-0.3, -0.25) is 0 Å². The highest BCUT2D eigenvalue weighted by molar-refractivity contribution is 6.04. The van der Waals surface area contributed by atoms with Crippen LogP contribution >= 0.6 is 0 Å². The summed E-state index contributed by atoms with van der Waals surface area (Å²) in [5, 5.41) is 1.85. The second kappa shape index (κ2) is 5.98. The van der Waals surface area contributed by atoms with Crippen molar-refractivity contribution >= 4 is 16.7 Å². The Kier molecular flexibility index (Phi) is 3.88. The molecular weight excluding hydrogens is 279 g/mol. The van der Waals surface area contributed by atoms with E-state index in [1.54, 1.807) is 25.1 Å². The van der Waals surface area contributed by atoms with E-state index in [4.69, 9.17) is 4.74 Å². The summed E-state index contributed by atoms with van der Waals surface area (Å²) in [6, 6.07) is 19.2. The fourth-order valence-corrected chi connectivity index (χ4v) is 2.43. The normalized spacial score (nSPS) is 12.1. The van der Waals surface area contributed by atoms with Crippen LogP contribution < -0.4 is 0 Å². The maximum atomic E-state index is 12.9. The third-order valence-electron chi connectivity index (χ3n) is 3.63. The van der Waals surface area contributed by atoms with Crippen LogP contribution in [-0.4, -0.2) is 5.97 Å². The fourth-order valence-electron chi connectivity index (χ4n) is 2.43. The van der Waals surface area contributed by atoms with Gasteiger partial charge < -0.3 is 4.74 Å². The zero-order valence-electron chi connectivity index (χ0n) is 12.1. The van der Waals surface area contributed by atoms with Crippen molar-refractivity contribution in [3.8, 4) is 0 Å². The lowest BCUT2D eigenvalue weighted by Crippen LogP contribution is -2.09. The zero-order chi connectivity index (χ0) is 15.5. The molecule has 3 rings (SSSR count). The molecule has 3 aromatic carbocycles. The number of benzene rings is 3. The number of carbonyl (C=O) groups excluding carboxylic acids is 1. The first kappa shape index (κ1) is 14.3. The first-order chi connectivity index (χ1) is 10.6. The zero-order valence-corrected chi connectivity index (χ0v) is 12.1. The Morgan fingerprint density at radius 1 is 0.955 bits per heavy atom. The summed E-state index contributed by atoms with van der Waals surface area (Å²) < 4.78 is 18.5. The Hall–Kier alpha value is -2.68. The van der Waals surface area contributed by atoms with Crippen molar-refractivity contribution in [3.05, 3.63) is 83.7 Å². The van der Waals surface area contributed by atoms with Crippen molar-refractivity contribution in [3.63, 3.8) is 0 Å². The molecule has 0 saturated carbocycles. The third-order valence-corrected chi connectivity index (χ3v) is 3.63. The Morgan fingerprint density at radius 3 is 2.41 bits per heavy atom. The number of fused-ring (bicyclic) bond motifs is 1. The van der Waals surface area contributed by atoms with Crippen molar-refractivity contribution in [2.75, 3.05) is 0 Å². The topological polar surface area (TPSA) is 26.3 Å². The van der Waals surface area contributed by atoms with Crippen molar-refractivity contribution < 1.29 is 13.9 Å². The molecular formula is C19H15FO2. The largest absolute Gasteiger partial charge is 0.454 e. The molecule has 0 unspecified atom stereocenters. The summed E-state index contributed by atoms with van der Waals surface area (Å²) in [5.74, 6) is -0.690. The minimum Gasteiger partial charge on any atom is -0.454 e. The smallest absolute Gasteiger partial charge is 0.339 e. The number of halogens is 1. The number of rotatable bonds is 3. The highest BCUT2D eigenvalue weighted by Gasteiger charge is 2.15. The summed E-state index contributed by atoms with van der Waals surface area (Å²) in [6.45, 7) is 1.77. The van der Waals surface area contributed by atoms with Crippen LogP contribution in [0.5, 0.6) is 0 Å². The van der Waals surface area contributed by atoms with Crippen LogP contribution in [0.15, 0.2) is 66.7 Å². The van der Waals surface area contributed by atoms with E-state index in [0.717, 1.165) is 16.3 Å². The van der Waals surface area contributed by atoms with Gasteiger partial charge in [-0.15, -0.1) is 0 Å². The molecule has 0 N–H and O–H groups in total. The van der Waals surface area contributed by atoms with E-state index in [2.05, 4.69) is 0 Å². The van der Waals surface area contributed by atoms with Gasteiger partial charge in [-0.25, -0.2) is 9.18 Å². The number of hydrogen-bond acceptors (Lipinski definition) is 2. The average Bonchev–Trinajstić information content (AvgIpc) is 2.54. The lowest BCUT2D eigenvalue weighted by molar-refractivity contribution is 0.0340. The third kappa shape index (κ3) is 2.84. The van der Waals surface area contributed by atoms with Crippen molar-refractivity contribution in [2.45, 2.75) is 13.0 Å². The molecule has 0 bridgehead atoms. The molecule has 0 radical (unpaired) electrons. The summed E-state index contributed by atoms with van der Waals surface area (Å²) in [5.41, 5.74) is 1.29. The number of ether oxygens (including phenoxy) is 1. The predicted octanol–water partition coefficient (Wildman–Crippen LogP) is 4.90. The predicted molar refractivity (Wildman–Crippen MR) is 84.2 cm³/mol. The molecule has 2 nitrogen and oxygen atoms in total. The van der Waals surface area contributed by atoms with Crippen LogP contribution in [0.25, 0.3) is 10.8 Å². The van der Waals surface area contributed by atoms with Crippen LogP contribution in [0.3, 0.4) is 0 Å². The second-order valence-electron chi connectivity index (χ2n) is 5.13. The summed E-state index contributed by atoms with van der Waals surface area (Å²) in [7, 11) is 0. The minimum absolute atomic E-state index is 0.309. The molecule has 0 amide bonds. The van der Waals surface area contributed by atoms with Crippen LogP contribution in [0.2, 0.25) is 0 Å². The summed E-state index contributed by atoms with van der Waals surface area (Å²) >= 11 is 0. The van der Waals surface area contributed by atoms with E-state index < -0.39 is 6.10 Å². The molecule has 110 valence electrons. The van der Waals surface area contributed by atoms with Gasteiger partial charge in [0.25, 0.3) is 0 Å². The molecule has 3 heteroatoms. The van der Waals surface area contributed by atoms with Gasteiger partial charge in [0.2, 0.25) is 0 Å². The monoisotopic (exact) mass is 294 g/mol. The highest BCUT2D eigenvalue weighted by Crippen LogP contribution is 2.23. The van der Waals surface area contributed by atoms with Gasteiger partial charge in [0, 0.05) is 0 Å². The SMILES string of the molecule is C[C@H](OC(=O)c1cccc2ccccc12)c1ccc(F)cc1. The maximum absolute atomic E-state index is 12.9. The van der Waals surface area contributed by atoms with E-state index in [1.807, 2.05) is 36.4 Å². The van der Waals surface area contributed by atoms with Gasteiger partial charge in [-0.2, -0.15) is 0 Å². The van der Waals surface area contributed by atoms with Gasteiger partial charge >= 0.3 is 5.97 Å². The quantitative estimate of drug-likeness (QED) is 0.642. The molecule has 3 aromatic rings. The van der Waals surface area contributed by atoms with Gasteiger partial charge in [-0.05, 0) is 41.5 Å². The first-order valence-corrected chi connectivity index (χ1v) is 7.09. The fraction of sp³-hybridized carbons (Fsp3) is 0.105. The number of hydrogen-bond donors (Lipinski definition) is 0. The Balaban J connectivity index is 1.85.